The molecule has 4 nitrogen and oxygen atoms in total. The van der Waals surface area contributed by atoms with Crippen LogP contribution in [0.3, 0.4) is 0 Å². The quantitative estimate of drug-likeness (QED) is 0.884. The number of aliphatic carboxylic acids is 1. The molecule has 0 unspecified atom stereocenters. The molecule has 0 saturated carbocycles. The van der Waals surface area contributed by atoms with E-state index in [1.54, 1.807) is 0 Å². The number of carboxylic acids is 1. The summed E-state index contributed by atoms with van der Waals surface area (Å²) in [5.41, 5.74) is 2.72. The second kappa shape index (κ2) is 4.20. The average molecular weight is 232 g/mol. The first-order valence-corrected chi connectivity index (χ1v) is 5.68. The molecule has 0 aliphatic carbocycles. The Bertz CT molecular complexity index is 570. The molecule has 1 N–H and O–H groups in total. The number of rotatable bonds is 3. The van der Waals surface area contributed by atoms with Gasteiger partial charge in [0.2, 0.25) is 0 Å². The molecule has 4 heteroatoms. The molecule has 0 aliphatic rings. The molecule has 0 amide bonds. The van der Waals surface area contributed by atoms with Crippen LogP contribution in [0.1, 0.15) is 31.3 Å². The highest BCUT2D eigenvalue weighted by molar-refractivity contribution is 5.79. The number of aryl methyl sites for hydroxylation is 1. The van der Waals surface area contributed by atoms with Gasteiger partial charge in [0, 0.05) is 6.04 Å². The standard InChI is InChI=1S/C13H16N2O2/c1-8(2)15-9(3)14-11-6-10(7-13(16)17)4-5-12(11)15/h4-6,8H,7H2,1-3H3,(H,16,17). The number of benzene rings is 1. The first-order chi connectivity index (χ1) is 7.99. The van der Waals surface area contributed by atoms with E-state index in [2.05, 4.69) is 23.4 Å². The summed E-state index contributed by atoms with van der Waals surface area (Å²) in [7, 11) is 0. The fourth-order valence-electron chi connectivity index (χ4n) is 2.20. The minimum atomic E-state index is -0.815. The van der Waals surface area contributed by atoms with Crippen LogP contribution in [0.15, 0.2) is 18.2 Å². The van der Waals surface area contributed by atoms with Crippen molar-refractivity contribution in [3.8, 4) is 0 Å². The van der Waals surface area contributed by atoms with Gasteiger partial charge in [0.25, 0.3) is 0 Å². The van der Waals surface area contributed by atoms with E-state index in [0.29, 0.717) is 6.04 Å². The van der Waals surface area contributed by atoms with Crippen LogP contribution in [0.25, 0.3) is 11.0 Å². The summed E-state index contributed by atoms with van der Waals surface area (Å²) < 4.78 is 2.15. The predicted molar refractivity (Wildman–Crippen MR) is 66.2 cm³/mol. The summed E-state index contributed by atoms with van der Waals surface area (Å²) >= 11 is 0. The third-order valence-electron chi connectivity index (χ3n) is 2.80. The number of hydrogen-bond acceptors (Lipinski definition) is 2. The van der Waals surface area contributed by atoms with Crippen LogP contribution in [0.2, 0.25) is 0 Å². The van der Waals surface area contributed by atoms with Crippen molar-refractivity contribution in [1.82, 2.24) is 9.55 Å². The summed E-state index contributed by atoms with van der Waals surface area (Å²) in [6, 6.07) is 6.02. The van der Waals surface area contributed by atoms with Gasteiger partial charge in [-0.05, 0) is 38.5 Å². The second-order valence-corrected chi connectivity index (χ2v) is 4.52. The molecule has 1 aromatic heterocycles. The Balaban J connectivity index is 2.53. The fourth-order valence-corrected chi connectivity index (χ4v) is 2.20. The molecular weight excluding hydrogens is 216 g/mol. The first-order valence-electron chi connectivity index (χ1n) is 5.68. The molecule has 17 heavy (non-hydrogen) atoms. The SMILES string of the molecule is Cc1nc2cc(CC(=O)O)ccc2n1C(C)C. The number of aromatic nitrogens is 2. The van der Waals surface area contributed by atoms with E-state index in [1.807, 2.05) is 25.1 Å². The van der Waals surface area contributed by atoms with Crippen LogP contribution in [0.5, 0.6) is 0 Å². The van der Waals surface area contributed by atoms with E-state index < -0.39 is 5.97 Å². The number of imidazole rings is 1. The van der Waals surface area contributed by atoms with Gasteiger partial charge in [0.05, 0.1) is 17.5 Å². The summed E-state index contributed by atoms with van der Waals surface area (Å²) in [5.74, 6) is 0.145. The Labute approximate surface area is 99.9 Å². The molecule has 90 valence electrons. The van der Waals surface area contributed by atoms with Crippen molar-refractivity contribution < 1.29 is 9.90 Å². The van der Waals surface area contributed by atoms with Gasteiger partial charge in [-0.2, -0.15) is 0 Å². The van der Waals surface area contributed by atoms with E-state index in [1.165, 1.54) is 0 Å². The van der Waals surface area contributed by atoms with Gasteiger partial charge in [-0.1, -0.05) is 6.07 Å². The summed E-state index contributed by atoms with van der Waals surface area (Å²) in [6.45, 7) is 6.19. The van der Waals surface area contributed by atoms with Gasteiger partial charge in [0.15, 0.2) is 0 Å². The van der Waals surface area contributed by atoms with E-state index in [9.17, 15) is 4.79 Å². The second-order valence-electron chi connectivity index (χ2n) is 4.52. The maximum Gasteiger partial charge on any atom is 0.307 e. The van der Waals surface area contributed by atoms with Crippen molar-refractivity contribution in [1.29, 1.82) is 0 Å². The molecule has 0 atom stereocenters. The Kier molecular flexibility index (Phi) is 2.88. The molecule has 0 spiro atoms. The highest BCUT2D eigenvalue weighted by atomic mass is 16.4. The third kappa shape index (κ3) is 2.16. The average Bonchev–Trinajstić information content (AvgIpc) is 2.51. The normalized spacial score (nSPS) is 11.3. The highest BCUT2D eigenvalue weighted by Crippen LogP contribution is 2.21. The minimum Gasteiger partial charge on any atom is -0.481 e. The smallest absolute Gasteiger partial charge is 0.307 e. The van der Waals surface area contributed by atoms with Gasteiger partial charge in [0.1, 0.15) is 5.82 Å². The van der Waals surface area contributed by atoms with Crippen molar-refractivity contribution in [2.45, 2.75) is 33.2 Å². The minimum absolute atomic E-state index is 0.0452. The molecule has 0 radical (unpaired) electrons. The monoisotopic (exact) mass is 232 g/mol. The number of carbonyl (C=O) groups is 1. The van der Waals surface area contributed by atoms with Gasteiger partial charge in [-0.15, -0.1) is 0 Å². The lowest BCUT2D eigenvalue weighted by Crippen LogP contribution is -2.03. The van der Waals surface area contributed by atoms with Gasteiger partial charge in [-0.3, -0.25) is 4.79 Å². The molecule has 2 aromatic rings. The zero-order chi connectivity index (χ0) is 12.6. The van der Waals surface area contributed by atoms with Crippen LogP contribution in [0.4, 0.5) is 0 Å². The third-order valence-corrected chi connectivity index (χ3v) is 2.80. The van der Waals surface area contributed by atoms with Gasteiger partial charge in [-0.25, -0.2) is 4.98 Å². The van der Waals surface area contributed by atoms with Crippen LogP contribution < -0.4 is 0 Å². The highest BCUT2D eigenvalue weighted by Gasteiger charge is 2.11. The van der Waals surface area contributed by atoms with E-state index in [0.717, 1.165) is 22.4 Å². The molecular formula is C13H16N2O2. The predicted octanol–water partition coefficient (Wildman–Crippen LogP) is 2.55. The van der Waals surface area contributed by atoms with E-state index in [-0.39, 0.29) is 6.42 Å². The maximum absolute atomic E-state index is 10.7. The molecule has 0 fully saturated rings. The topological polar surface area (TPSA) is 55.1 Å². The molecule has 0 saturated heterocycles. The molecule has 1 aromatic carbocycles. The van der Waals surface area contributed by atoms with E-state index in [4.69, 9.17) is 5.11 Å². The summed E-state index contributed by atoms with van der Waals surface area (Å²) in [4.78, 5) is 15.1. The molecule has 2 rings (SSSR count). The largest absolute Gasteiger partial charge is 0.481 e. The fraction of sp³-hybridized carbons (Fsp3) is 0.385. The van der Waals surface area contributed by atoms with Crippen molar-refractivity contribution in [2.24, 2.45) is 0 Å². The Morgan fingerprint density at radius 1 is 1.47 bits per heavy atom. The number of hydrogen-bond donors (Lipinski definition) is 1. The van der Waals surface area contributed by atoms with Crippen LogP contribution in [-0.2, 0) is 11.2 Å². The lowest BCUT2D eigenvalue weighted by Gasteiger charge is -2.10. The zero-order valence-electron chi connectivity index (χ0n) is 10.3. The Morgan fingerprint density at radius 3 is 2.76 bits per heavy atom. The van der Waals surface area contributed by atoms with Gasteiger partial charge >= 0.3 is 5.97 Å². The van der Waals surface area contributed by atoms with E-state index >= 15 is 0 Å². The van der Waals surface area contributed by atoms with Crippen LogP contribution >= 0.6 is 0 Å². The zero-order valence-corrected chi connectivity index (χ0v) is 10.3. The lowest BCUT2D eigenvalue weighted by molar-refractivity contribution is -0.136. The summed E-state index contributed by atoms with van der Waals surface area (Å²) in [6.07, 6.45) is 0.0452. The van der Waals surface area contributed by atoms with Crippen molar-refractivity contribution in [3.63, 3.8) is 0 Å². The first kappa shape index (κ1) is 11.6. The number of carboxylic acid groups (broad SMARTS) is 1. The van der Waals surface area contributed by atoms with Crippen LogP contribution in [0, 0.1) is 6.92 Å². The molecule has 0 bridgehead atoms. The summed E-state index contributed by atoms with van der Waals surface area (Å²) in [5, 5.41) is 8.76. The number of fused-ring (bicyclic) bond motifs is 1. The van der Waals surface area contributed by atoms with Crippen molar-refractivity contribution >= 4 is 17.0 Å². The Hall–Kier alpha value is -1.84. The maximum atomic E-state index is 10.7. The molecule has 0 aliphatic heterocycles. The van der Waals surface area contributed by atoms with Crippen molar-refractivity contribution in [2.75, 3.05) is 0 Å². The van der Waals surface area contributed by atoms with Crippen molar-refractivity contribution in [3.05, 3.63) is 29.6 Å². The van der Waals surface area contributed by atoms with Crippen LogP contribution in [-0.4, -0.2) is 20.6 Å². The van der Waals surface area contributed by atoms with Gasteiger partial charge < -0.3 is 9.67 Å². The number of nitrogens with zero attached hydrogens (tertiary/aromatic N) is 2. The molecule has 1 heterocycles. The lowest BCUT2D eigenvalue weighted by atomic mass is 10.1. The Morgan fingerprint density at radius 2 is 2.18 bits per heavy atom.